The van der Waals surface area contributed by atoms with Gasteiger partial charge in [0.15, 0.2) is 0 Å². The van der Waals surface area contributed by atoms with Gasteiger partial charge in [-0.05, 0) is 47.7 Å². The highest BCUT2D eigenvalue weighted by Crippen LogP contribution is 2.27. The molecule has 1 N–H and O–H groups in total. The lowest BCUT2D eigenvalue weighted by Gasteiger charge is -2.28. The van der Waals surface area contributed by atoms with Gasteiger partial charge < -0.3 is 5.11 Å². The minimum Gasteiger partial charge on any atom is -0.478 e. The molecular formula is C19H19NO4S. The number of rotatable bonds is 4. The molecule has 1 aliphatic rings. The number of aryl methyl sites for hydroxylation is 1. The van der Waals surface area contributed by atoms with Crippen LogP contribution in [0.3, 0.4) is 0 Å². The normalized spacial score (nSPS) is 15.2. The van der Waals surface area contributed by atoms with Crippen LogP contribution in [-0.4, -0.2) is 30.3 Å². The summed E-state index contributed by atoms with van der Waals surface area (Å²) in [6.45, 7) is 2.54. The maximum absolute atomic E-state index is 13.1. The summed E-state index contributed by atoms with van der Waals surface area (Å²) >= 11 is 0. The van der Waals surface area contributed by atoms with Crippen molar-refractivity contribution < 1.29 is 18.3 Å². The molecule has 2 aromatic rings. The highest BCUT2D eigenvalue weighted by molar-refractivity contribution is 7.89. The topological polar surface area (TPSA) is 74.7 Å². The molecule has 1 heterocycles. The number of benzene rings is 2. The quantitative estimate of drug-likeness (QED) is 0.854. The molecule has 130 valence electrons. The van der Waals surface area contributed by atoms with Crippen LogP contribution in [-0.2, 0) is 27.8 Å². The summed E-state index contributed by atoms with van der Waals surface area (Å²) in [5, 5.41) is 8.74. The van der Waals surface area contributed by atoms with Gasteiger partial charge in [-0.3, -0.25) is 0 Å². The Morgan fingerprint density at radius 3 is 2.60 bits per heavy atom. The minimum atomic E-state index is -3.64. The second kappa shape index (κ2) is 6.82. The van der Waals surface area contributed by atoms with Crippen LogP contribution < -0.4 is 0 Å². The van der Waals surface area contributed by atoms with E-state index in [0.29, 0.717) is 30.6 Å². The van der Waals surface area contributed by atoms with Crippen LogP contribution in [0.1, 0.15) is 22.3 Å². The van der Waals surface area contributed by atoms with Gasteiger partial charge in [0, 0.05) is 19.2 Å². The van der Waals surface area contributed by atoms with Crippen LogP contribution in [0.4, 0.5) is 0 Å². The summed E-state index contributed by atoms with van der Waals surface area (Å²) in [5.41, 5.74) is 3.40. The van der Waals surface area contributed by atoms with Crippen molar-refractivity contribution >= 4 is 22.1 Å². The van der Waals surface area contributed by atoms with Crippen LogP contribution >= 0.6 is 0 Å². The largest absolute Gasteiger partial charge is 0.478 e. The predicted octanol–water partition coefficient (Wildman–Crippen LogP) is 2.84. The third-order valence-corrected chi connectivity index (χ3v) is 6.33. The van der Waals surface area contributed by atoms with Gasteiger partial charge in [0.1, 0.15) is 0 Å². The first-order valence-electron chi connectivity index (χ1n) is 7.96. The number of fused-ring (bicyclic) bond motifs is 1. The lowest BCUT2D eigenvalue weighted by atomic mass is 10.0. The monoisotopic (exact) mass is 357 g/mol. The van der Waals surface area contributed by atoms with Crippen molar-refractivity contribution in [3.8, 4) is 0 Å². The Morgan fingerprint density at radius 2 is 1.88 bits per heavy atom. The summed E-state index contributed by atoms with van der Waals surface area (Å²) in [4.78, 5) is 10.9. The zero-order valence-corrected chi connectivity index (χ0v) is 14.7. The number of carbonyl (C=O) groups is 1. The number of carboxylic acids is 1. The third-order valence-electron chi connectivity index (χ3n) is 4.34. The van der Waals surface area contributed by atoms with Crippen LogP contribution in [0.25, 0.3) is 6.08 Å². The number of carboxylic acid groups (broad SMARTS) is 1. The smallest absolute Gasteiger partial charge is 0.328 e. The number of nitrogens with zero attached hydrogens (tertiary/aromatic N) is 1. The van der Waals surface area contributed by atoms with E-state index in [1.54, 1.807) is 19.1 Å². The van der Waals surface area contributed by atoms with E-state index in [-0.39, 0.29) is 4.90 Å². The van der Waals surface area contributed by atoms with E-state index in [0.717, 1.165) is 11.6 Å². The van der Waals surface area contributed by atoms with Gasteiger partial charge in [0.2, 0.25) is 10.0 Å². The Morgan fingerprint density at radius 1 is 1.16 bits per heavy atom. The van der Waals surface area contributed by atoms with Crippen LogP contribution in [0.2, 0.25) is 0 Å². The first-order valence-corrected chi connectivity index (χ1v) is 9.40. The fraction of sp³-hybridized carbons (Fsp3) is 0.211. The van der Waals surface area contributed by atoms with E-state index in [2.05, 4.69) is 0 Å². The molecular weight excluding hydrogens is 338 g/mol. The summed E-state index contributed by atoms with van der Waals surface area (Å²) in [7, 11) is -3.64. The van der Waals surface area contributed by atoms with Gasteiger partial charge in [0.05, 0.1) is 4.90 Å². The SMILES string of the molecule is Cc1ccc(C=CC(=O)O)cc1S(=O)(=O)N1CCc2ccccc2C1. The van der Waals surface area contributed by atoms with E-state index in [1.165, 1.54) is 22.0 Å². The maximum Gasteiger partial charge on any atom is 0.328 e. The molecule has 0 aromatic heterocycles. The van der Waals surface area contributed by atoms with Crippen molar-refractivity contribution in [1.82, 2.24) is 4.31 Å². The van der Waals surface area contributed by atoms with Gasteiger partial charge in [0.25, 0.3) is 0 Å². The average molecular weight is 357 g/mol. The lowest BCUT2D eigenvalue weighted by Crippen LogP contribution is -2.36. The molecule has 0 bridgehead atoms. The van der Waals surface area contributed by atoms with E-state index in [4.69, 9.17) is 5.11 Å². The van der Waals surface area contributed by atoms with Gasteiger partial charge in [-0.1, -0.05) is 36.4 Å². The first-order chi connectivity index (χ1) is 11.9. The molecule has 1 aliphatic heterocycles. The third kappa shape index (κ3) is 3.65. The predicted molar refractivity (Wildman–Crippen MR) is 95.6 cm³/mol. The van der Waals surface area contributed by atoms with E-state index >= 15 is 0 Å². The first kappa shape index (κ1) is 17.4. The number of sulfonamides is 1. The van der Waals surface area contributed by atoms with Crippen molar-refractivity contribution in [1.29, 1.82) is 0 Å². The molecule has 3 rings (SSSR count). The number of aliphatic carboxylic acids is 1. The highest BCUT2D eigenvalue weighted by atomic mass is 32.2. The Hall–Kier alpha value is -2.44. The van der Waals surface area contributed by atoms with Crippen LogP contribution in [0, 0.1) is 6.92 Å². The Labute approximate surface area is 147 Å². The molecule has 25 heavy (non-hydrogen) atoms. The highest BCUT2D eigenvalue weighted by Gasteiger charge is 2.29. The van der Waals surface area contributed by atoms with Crippen molar-refractivity contribution in [2.75, 3.05) is 6.54 Å². The van der Waals surface area contributed by atoms with Crippen LogP contribution in [0.5, 0.6) is 0 Å². The molecule has 0 radical (unpaired) electrons. The second-order valence-corrected chi connectivity index (χ2v) is 7.96. The molecule has 5 nitrogen and oxygen atoms in total. The minimum absolute atomic E-state index is 0.222. The van der Waals surface area contributed by atoms with E-state index < -0.39 is 16.0 Å². The Balaban J connectivity index is 1.95. The molecule has 6 heteroatoms. The average Bonchev–Trinajstić information content (AvgIpc) is 2.60. The van der Waals surface area contributed by atoms with Crippen molar-refractivity contribution in [3.63, 3.8) is 0 Å². The van der Waals surface area contributed by atoms with Crippen LogP contribution in [0.15, 0.2) is 53.4 Å². The second-order valence-electron chi connectivity index (χ2n) is 6.05. The van der Waals surface area contributed by atoms with E-state index in [1.807, 2.05) is 24.3 Å². The molecule has 0 saturated carbocycles. The van der Waals surface area contributed by atoms with Crippen molar-refractivity contribution in [2.45, 2.75) is 24.8 Å². The summed E-state index contributed by atoms with van der Waals surface area (Å²) < 4.78 is 27.7. The van der Waals surface area contributed by atoms with Crippen molar-refractivity contribution in [3.05, 3.63) is 70.8 Å². The zero-order chi connectivity index (χ0) is 18.0. The standard InChI is InChI=1S/C19H19NO4S/c1-14-6-7-15(8-9-19(21)22)12-18(14)25(23,24)20-11-10-16-4-2-3-5-17(16)13-20/h2-9,12H,10-11,13H2,1H3,(H,21,22). The zero-order valence-electron chi connectivity index (χ0n) is 13.8. The van der Waals surface area contributed by atoms with Gasteiger partial charge in [-0.25, -0.2) is 13.2 Å². The lowest BCUT2D eigenvalue weighted by molar-refractivity contribution is -0.131. The van der Waals surface area contributed by atoms with Gasteiger partial charge >= 0.3 is 5.97 Å². The molecule has 0 amide bonds. The molecule has 0 saturated heterocycles. The van der Waals surface area contributed by atoms with E-state index in [9.17, 15) is 13.2 Å². The molecule has 0 aliphatic carbocycles. The summed E-state index contributed by atoms with van der Waals surface area (Å²) in [6, 6.07) is 12.8. The maximum atomic E-state index is 13.1. The fourth-order valence-corrected chi connectivity index (χ4v) is 4.66. The van der Waals surface area contributed by atoms with Crippen molar-refractivity contribution in [2.24, 2.45) is 0 Å². The molecule has 0 fully saturated rings. The molecule has 0 unspecified atom stereocenters. The number of hydrogen-bond acceptors (Lipinski definition) is 3. The fourth-order valence-electron chi connectivity index (χ4n) is 2.98. The molecule has 2 aromatic carbocycles. The van der Waals surface area contributed by atoms with Gasteiger partial charge in [-0.15, -0.1) is 0 Å². The Bertz CT molecular complexity index is 948. The molecule has 0 atom stereocenters. The summed E-state index contributed by atoms with van der Waals surface area (Å²) in [6.07, 6.45) is 3.08. The molecule has 0 spiro atoms. The van der Waals surface area contributed by atoms with Gasteiger partial charge in [-0.2, -0.15) is 4.31 Å². The number of hydrogen-bond donors (Lipinski definition) is 1. The Kier molecular flexibility index (Phi) is 4.74. The summed E-state index contributed by atoms with van der Waals surface area (Å²) in [5.74, 6) is -1.07.